The molecule has 128 valence electrons. The van der Waals surface area contributed by atoms with Crippen molar-refractivity contribution >= 4 is 44.9 Å². The summed E-state index contributed by atoms with van der Waals surface area (Å²) in [6, 6.07) is 10.5. The van der Waals surface area contributed by atoms with E-state index in [1.807, 2.05) is 25.1 Å². The Morgan fingerprint density at radius 1 is 1.25 bits per heavy atom. The monoisotopic (exact) mass is 412 g/mol. The SMILES string of the molecule is CCOCCOc1ccccc1NC(=S)NC(=O)c1ccc(Br)o1. The molecule has 2 aromatic rings. The van der Waals surface area contributed by atoms with Crippen molar-refractivity contribution in [1.29, 1.82) is 0 Å². The van der Waals surface area contributed by atoms with Crippen molar-refractivity contribution in [1.82, 2.24) is 5.32 Å². The summed E-state index contributed by atoms with van der Waals surface area (Å²) in [5.41, 5.74) is 0.653. The van der Waals surface area contributed by atoms with Crippen LogP contribution in [0.15, 0.2) is 45.5 Å². The fourth-order valence-corrected chi connectivity index (χ4v) is 2.31. The molecule has 1 heterocycles. The molecule has 0 fully saturated rings. The molecule has 24 heavy (non-hydrogen) atoms. The standard InChI is InChI=1S/C16H17BrN2O4S/c1-2-21-9-10-22-12-6-4-3-5-11(12)18-16(24)19-15(20)13-7-8-14(17)23-13/h3-8H,2,9-10H2,1H3,(H2,18,19,20,24). The minimum Gasteiger partial charge on any atom is -0.489 e. The minimum atomic E-state index is -0.437. The third-order valence-electron chi connectivity index (χ3n) is 2.85. The van der Waals surface area contributed by atoms with Crippen molar-refractivity contribution in [2.24, 2.45) is 0 Å². The number of carbonyl (C=O) groups is 1. The van der Waals surface area contributed by atoms with Crippen molar-refractivity contribution in [3.05, 3.63) is 46.8 Å². The number of para-hydroxylation sites is 2. The Hall–Kier alpha value is -1.90. The molecule has 0 atom stereocenters. The van der Waals surface area contributed by atoms with E-state index in [2.05, 4.69) is 26.6 Å². The summed E-state index contributed by atoms with van der Waals surface area (Å²) in [7, 11) is 0. The minimum absolute atomic E-state index is 0.147. The van der Waals surface area contributed by atoms with Crippen LogP contribution >= 0.6 is 28.1 Å². The van der Waals surface area contributed by atoms with Gasteiger partial charge in [-0.1, -0.05) is 12.1 Å². The highest BCUT2D eigenvalue weighted by atomic mass is 79.9. The zero-order valence-electron chi connectivity index (χ0n) is 13.0. The van der Waals surface area contributed by atoms with E-state index in [0.29, 0.717) is 35.9 Å². The summed E-state index contributed by atoms with van der Waals surface area (Å²) in [5.74, 6) is 0.342. The number of anilines is 1. The average molecular weight is 413 g/mol. The van der Waals surface area contributed by atoms with Crippen molar-refractivity contribution in [2.45, 2.75) is 6.92 Å². The van der Waals surface area contributed by atoms with Gasteiger partial charge >= 0.3 is 0 Å². The first-order valence-electron chi connectivity index (χ1n) is 7.27. The van der Waals surface area contributed by atoms with Crippen molar-refractivity contribution in [2.75, 3.05) is 25.1 Å². The highest BCUT2D eigenvalue weighted by Crippen LogP contribution is 2.23. The normalized spacial score (nSPS) is 10.2. The van der Waals surface area contributed by atoms with Crippen LogP contribution in [0.3, 0.4) is 0 Å². The topological polar surface area (TPSA) is 72.7 Å². The van der Waals surface area contributed by atoms with Crippen molar-refractivity contribution < 1.29 is 18.7 Å². The zero-order valence-corrected chi connectivity index (χ0v) is 15.4. The lowest BCUT2D eigenvalue weighted by atomic mass is 10.3. The number of hydrogen-bond donors (Lipinski definition) is 2. The van der Waals surface area contributed by atoms with Gasteiger partial charge in [-0.3, -0.25) is 10.1 Å². The molecule has 0 spiro atoms. The second-order valence-corrected chi connectivity index (χ2v) is 5.74. The largest absolute Gasteiger partial charge is 0.489 e. The Kier molecular flexibility index (Phi) is 7.23. The molecule has 0 saturated carbocycles. The second kappa shape index (κ2) is 9.41. The van der Waals surface area contributed by atoms with Crippen LogP contribution in [-0.4, -0.2) is 30.8 Å². The summed E-state index contributed by atoms with van der Waals surface area (Å²) in [4.78, 5) is 12.0. The fourth-order valence-electron chi connectivity index (χ4n) is 1.81. The van der Waals surface area contributed by atoms with Gasteiger partial charge in [0.15, 0.2) is 15.5 Å². The highest BCUT2D eigenvalue weighted by molar-refractivity contribution is 9.10. The van der Waals surface area contributed by atoms with Gasteiger partial charge in [0.05, 0.1) is 12.3 Å². The quantitative estimate of drug-likeness (QED) is 0.534. The van der Waals surface area contributed by atoms with Crippen molar-refractivity contribution in [3.8, 4) is 5.75 Å². The third kappa shape index (κ3) is 5.63. The van der Waals surface area contributed by atoms with Gasteiger partial charge in [0.25, 0.3) is 5.91 Å². The molecule has 6 nitrogen and oxygen atoms in total. The average Bonchev–Trinajstić information content (AvgIpc) is 2.99. The van der Waals surface area contributed by atoms with E-state index in [1.165, 1.54) is 0 Å². The number of benzene rings is 1. The number of carbonyl (C=O) groups excluding carboxylic acids is 1. The van der Waals surface area contributed by atoms with Crippen molar-refractivity contribution in [3.63, 3.8) is 0 Å². The first-order chi connectivity index (χ1) is 11.6. The number of furan rings is 1. The van der Waals surface area contributed by atoms with E-state index in [-0.39, 0.29) is 10.9 Å². The van der Waals surface area contributed by atoms with Crippen LogP contribution in [0.5, 0.6) is 5.75 Å². The molecule has 0 aliphatic rings. The molecule has 8 heteroatoms. The molecule has 0 unspecified atom stereocenters. The van der Waals surface area contributed by atoms with Crippen LogP contribution in [-0.2, 0) is 4.74 Å². The molecule has 1 amide bonds. The molecule has 0 saturated heterocycles. The smallest absolute Gasteiger partial charge is 0.293 e. The third-order valence-corrected chi connectivity index (χ3v) is 3.48. The molecule has 1 aromatic heterocycles. The zero-order chi connectivity index (χ0) is 17.4. The van der Waals surface area contributed by atoms with Gasteiger partial charge in [-0.15, -0.1) is 0 Å². The molecule has 0 radical (unpaired) electrons. The molecule has 1 aromatic carbocycles. The number of halogens is 1. The van der Waals surface area contributed by atoms with Crippen LogP contribution in [0.25, 0.3) is 0 Å². The van der Waals surface area contributed by atoms with Gasteiger partial charge in [0.1, 0.15) is 12.4 Å². The summed E-state index contributed by atoms with van der Waals surface area (Å²) in [6.07, 6.45) is 0. The Bertz CT molecular complexity index is 705. The number of rotatable bonds is 7. The highest BCUT2D eigenvalue weighted by Gasteiger charge is 2.13. The van der Waals surface area contributed by atoms with Crippen LogP contribution in [0.2, 0.25) is 0 Å². The Balaban J connectivity index is 1.92. The maximum absolute atomic E-state index is 12.0. The van der Waals surface area contributed by atoms with Gasteiger partial charge < -0.3 is 19.2 Å². The van der Waals surface area contributed by atoms with Gasteiger partial charge in [0, 0.05) is 6.61 Å². The number of hydrogen-bond acceptors (Lipinski definition) is 5. The summed E-state index contributed by atoms with van der Waals surface area (Å²) < 4.78 is 16.5. The molecule has 2 rings (SSSR count). The second-order valence-electron chi connectivity index (χ2n) is 4.55. The molecule has 0 bridgehead atoms. The predicted molar refractivity (Wildman–Crippen MR) is 98.5 cm³/mol. The van der Waals surface area contributed by atoms with E-state index in [9.17, 15) is 4.79 Å². The van der Waals surface area contributed by atoms with Gasteiger partial charge in [-0.05, 0) is 59.3 Å². The Morgan fingerprint density at radius 3 is 2.75 bits per heavy atom. The fraction of sp³-hybridized carbons (Fsp3) is 0.250. The maximum atomic E-state index is 12.0. The Morgan fingerprint density at radius 2 is 2.04 bits per heavy atom. The lowest BCUT2D eigenvalue weighted by molar-refractivity contribution is 0.0949. The molecular formula is C16H17BrN2O4S. The van der Waals surface area contributed by atoms with Crippen LogP contribution in [0.4, 0.5) is 5.69 Å². The number of nitrogens with one attached hydrogen (secondary N) is 2. The molecule has 2 N–H and O–H groups in total. The molecule has 0 aliphatic heterocycles. The van der Waals surface area contributed by atoms with Crippen LogP contribution in [0.1, 0.15) is 17.5 Å². The van der Waals surface area contributed by atoms with Gasteiger partial charge in [-0.25, -0.2) is 0 Å². The van der Waals surface area contributed by atoms with Gasteiger partial charge in [0.2, 0.25) is 0 Å². The summed E-state index contributed by atoms with van der Waals surface area (Å²) in [6.45, 7) is 3.49. The number of amides is 1. The van der Waals surface area contributed by atoms with Crippen LogP contribution < -0.4 is 15.4 Å². The lowest BCUT2D eigenvalue weighted by Crippen LogP contribution is -2.34. The maximum Gasteiger partial charge on any atom is 0.293 e. The first-order valence-corrected chi connectivity index (χ1v) is 8.47. The summed E-state index contributed by atoms with van der Waals surface area (Å²) >= 11 is 8.30. The van der Waals surface area contributed by atoms with E-state index >= 15 is 0 Å². The Labute approximate surface area is 153 Å². The van der Waals surface area contributed by atoms with E-state index < -0.39 is 5.91 Å². The molecule has 0 aliphatic carbocycles. The van der Waals surface area contributed by atoms with Gasteiger partial charge in [-0.2, -0.15) is 0 Å². The molecular weight excluding hydrogens is 396 g/mol. The summed E-state index contributed by atoms with van der Waals surface area (Å²) in [5, 5.41) is 5.63. The first kappa shape index (κ1) is 18.4. The van der Waals surface area contributed by atoms with E-state index in [4.69, 9.17) is 26.1 Å². The lowest BCUT2D eigenvalue weighted by Gasteiger charge is -2.14. The predicted octanol–water partition coefficient (Wildman–Crippen LogP) is 3.58. The van der Waals surface area contributed by atoms with E-state index in [1.54, 1.807) is 18.2 Å². The van der Waals surface area contributed by atoms with Crippen LogP contribution in [0, 0.1) is 0 Å². The number of ether oxygens (including phenoxy) is 2. The number of thiocarbonyl (C=S) groups is 1. The van der Waals surface area contributed by atoms with E-state index in [0.717, 1.165) is 0 Å².